The number of allylic oxidation sites excluding steroid dienone is 3. The molecule has 16 heavy (non-hydrogen) atoms. The highest BCUT2D eigenvalue weighted by Gasteiger charge is 1.99. The van der Waals surface area contributed by atoms with E-state index in [1.165, 1.54) is 0 Å². The molecule has 0 radical (unpaired) electrons. The lowest BCUT2D eigenvalue weighted by Crippen LogP contribution is -2.04. The summed E-state index contributed by atoms with van der Waals surface area (Å²) in [5.74, 6) is -0.0743. The molecule has 0 spiro atoms. The first-order valence-corrected chi connectivity index (χ1v) is 6.26. The largest absolute Gasteiger partial charge is 0.465 e. The van der Waals surface area contributed by atoms with Gasteiger partial charge in [0.05, 0.1) is 6.61 Å². The van der Waals surface area contributed by atoms with Gasteiger partial charge in [-0.15, -0.1) is 0 Å². The van der Waals surface area contributed by atoms with Crippen molar-refractivity contribution in [3.63, 3.8) is 0 Å². The maximum atomic E-state index is 11.2. The van der Waals surface area contributed by atoms with Crippen LogP contribution in [0, 0.1) is 0 Å². The molecule has 0 atom stereocenters. The third-order valence-electron chi connectivity index (χ3n) is 2.10. The Morgan fingerprint density at radius 3 is 2.25 bits per heavy atom. The summed E-state index contributed by atoms with van der Waals surface area (Å²) in [6.07, 6.45) is 13.7. The number of hydrogen-bond acceptors (Lipinski definition) is 2. The molecule has 0 bridgehead atoms. The van der Waals surface area contributed by atoms with Gasteiger partial charge in [0.1, 0.15) is 0 Å². The van der Waals surface area contributed by atoms with E-state index in [0.29, 0.717) is 13.0 Å². The van der Waals surface area contributed by atoms with E-state index in [2.05, 4.69) is 38.2 Å². The van der Waals surface area contributed by atoms with Crippen LogP contribution in [0.4, 0.5) is 0 Å². The Kier molecular flexibility index (Phi) is 11.2. The molecule has 0 aliphatic rings. The average Bonchev–Trinajstić information content (AvgIpc) is 2.28. The smallest absolute Gasteiger partial charge is 0.305 e. The monoisotopic (exact) mass is 224 g/mol. The predicted octanol–water partition coefficient (Wildman–Crippen LogP) is 4.02. The van der Waals surface area contributed by atoms with Crippen LogP contribution in [-0.4, -0.2) is 12.6 Å². The molecule has 0 aromatic heterocycles. The Morgan fingerprint density at radius 2 is 1.62 bits per heavy atom. The number of carbonyl (C=O) groups excluding carboxylic acids is 1. The normalized spacial score (nSPS) is 11.4. The van der Waals surface area contributed by atoms with Crippen molar-refractivity contribution < 1.29 is 9.53 Å². The van der Waals surface area contributed by atoms with E-state index in [-0.39, 0.29) is 5.97 Å². The Bertz CT molecular complexity index is 195. The van der Waals surface area contributed by atoms with Crippen molar-refractivity contribution in [1.29, 1.82) is 0 Å². The van der Waals surface area contributed by atoms with Crippen LogP contribution in [0.5, 0.6) is 0 Å². The van der Waals surface area contributed by atoms with Crippen LogP contribution in [0.15, 0.2) is 24.3 Å². The van der Waals surface area contributed by atoms with Crippen molar-refractivity contribution in [2.75, 3.05) is 6.61 Å². The molecule has 0 aromatic rings. The Morgan fingerprint density at radius 1 is 1.00 bits per heavy atom. The number of rotatable bonds is 9. The molecule has 0 saturated carbocycles. The van der Waals surface area contributed by atoms with Gasteiger partial charge in [-0.3, -0.25) is 4.79 Å². The molecular formula is C14H24O2. The van der Waals surface area contributed by atoms with Crippen molar-refractivity contribution in [3.05, 3.63) is 24.3 Å². The van der Waals surface area contributed by atoms with E-state index >= 15 is 0 Å². The molecule has 0 N–H and O–H groups in total. The van der Waals surface area contributed by atoms with Crippen molar-refractivity contribution >= 4 is 5.97 Å². The number of hydrogen-bond donors (Lipinski definition) is 0. The van der Waals surface area contributed by atoms with Crippen LogP contribution in [0.25, 0.3) is 0 Å². The molecule has 0 fully saturated rings. The second kappa shape index (κ2) is 12.0. The first-order valence-electron chi connectivity index (χ1n) is 6.26. The van der Waals surface area contributed by atoms with Gasteiger partial charge in [0.2, 0.25) is 0 Å². The van der Waals surface area contributed by atoms with Gasteiger partial charge in [-0.2, -0.15) is 0 Å². The van der Waals surface area contributed by atoms with E-state index in [1.54, 1.807) is 0 Å². The van der Waals surface area contributed by atoms with Crippen molar-refractivity contribution in [1.82, 2.24) is 0 Å². The highest BCUT2D eigenvalue weighted by molar-refractivity contribution is 5.69. The quantitative estimate of drug-likeness (QED) is 0.336. The van der Waals surface area contributed by atoms with Gasteiger partial charge in [0.15, 0.2) is 0 Å². The summed E-state index contributed by atoms with van der Waals surface area (Å²) in [6.45, 7) is 4.71. The molecule has 0 rings (SSSR count). The Hall–Kier alpha value is -1.05. The minimum atomic E-state index is -0.0743. The molecule has 0 unspecified atom stereocenters. The first kappa shape index (κ1) is 14.9. The van der Waals surface area contributed by atoms with Crippen molar-refractivity contribution in [2.45, 2.75) is 52.4 Å². The standard InChI is InChI=1S/C14H24O2/c1-3-5-7-9-10-12-14(15)16-13-11-8-6-4-2/h5-8H,3-4,9-13H2,1-2H3/b7-5-,8-6+. The summed E-state index contributed by atoms with van der Waals surface area (Å²) in [5.41, 5.74) is 0. The van der Waals surface area contributed by atoms with Gasteiger partial charge in [0.25, 0.3) is 0 Å². The van der Waals surface area contributed by atoms with E-state index in [4.69, 9.17) is 4.74 Å². The zero-order chi connectivity index (χ0) is 12.1. The number of unbranched alkanes of at least 4 members (excludes halogenated alkanes) is 1. The maximum absolute atomic E-state index is 11.2. The molecule has 0 amide bonds. The second-order valence-electron chi connectivity index (χ2n) is 3.66. The minimum absolute atomic E-state index is 0.0743. The van der Waals surface area contributed by atoms with E-state index < -0.39 is 0 Å². The summed E-state index contributed by atoms with van der Waals surface area (Å²) in [5, 5.41) is 0. The molecule has 0 heterocycles. The van der Waals surface area contributed by atoms with Crippen LogP contribution in [-0.2, 0) is 9.53 Å². The van der Waals surface area contributed by atoms with Gasteiger partial charge < -0.3 is 4.74 Å². The fourth-order valence-corrected chi connectivity index (χ4v) is 1.25. The first-order chi connectivity index (χ1) is 7.81. The average molecular weight is 224 g/mol. The molecule has 92 valence electrons. The van der Waals surface area contributed by atoms with Gasteiger partial charge in [-0.25, -0.2) is 0 Å². The van der Waals surface area contributed by atoms with Crippen LogP contribution in [0.2, 0.25) is 0 Å². The summed E-state index contributed by atoms with van der Waals surface area (Å²) in [4.78, 5) is 11.2. The Labute approximate surface area is 99.4 Å². The summed E-state index contributed by atoms with van der Waals surface area (Å²) >= 11 is 0. The molecule has 0 aliphatic carbocycles. The van der Waals surface area contributed by atoms with Gasteiger partial charge in [0, 0.05) is 6.42 Å². The van der Waals surface area contributed by atoms with Crippen LogP contribution < -0.4 is 0 Å². The number of ether oxygens (including phenoxy) is 1. The van der Waals surface area contributed by atoms with Crippen LogP contribution in [0.1, 0.15) is 52.4 Å². The topological polar surface area (TPSA) is 26.3 Å². The highest BCUT2D eigenvalue weighted by Crippen LogP contribution is 2.00. The molecule has 2 nitrogen and oxygen atoms in total. The lowest BCUT2D eigenvalue weighted by molar-refractivity contribution is -0.143. The zero-order valence-corrected chi connectivity index (χ0v) is 10.6. The van der Waals surface area contributed by atoms with E-state index in [9.17, 15) is 4.79 Å². The molecule has 0 aromatic carbocycles. The lowest BCUT2D eigenvalue weighted by atomic mass is 10.2. The fourth-order valence-electron chi connectivity index (χ4n) is 1.25. The highest BCUT2D eigenvalue weighted by atomic mass is 16.5. The maximum Gasteiger partial charge on any atom is 0.305 e. The van der Waals surface area contributed by atoms with Gasteiger partial charge >= 0.3 is 5.97 Å². The second-order valence-corrected chi connectivity index (χ2v) is 3.66. The van der Waals surface area contributed by atoms with E-state index in [0.717, 1.165) is 32.1 Å². The molecule has 2 heteroatoms. The van der Waals surface area contributed by atoms with E-state index in [1.807, 2.05) is 0 Å². The van der Waals surface area contributed by atoms with Crippen LogP contribution >= 0.6 is 0 Å². The predicted molar refractivity (Wildman–Crippen MR) is 68.3 cm³/mol. The summed E-state index contributed by atoms with van der Waals surface area (Å²) in [7, 11) is 0. The molecule has 0 aliphatic heterocycles. The van der Waals surface area contributed by atoms with Crippen molar-refractivity contribution in [2.24, 2.45) is 0 Å². The number of esters is 1. The Balaban J connectivity index is 3.31. The summed E-state index contributed by atoms with van der Waals surface area (Å²) in [6, 6.07) is 0. The molecule has 0 saturated heterocycles. The SMILES string of the molecule is CC/C=C\CCCC(=O)OCC/C=C/CC. The molecular weight excluding hydrogens is 200 g/mol. The lowest BCUT2D eigenvalue weighted by Gasteiger charge is -2.01. The van der Waals surface area contributed by atoms with Crippen LogP contribution in [0.3, 0.4) is 0 Å². The third kappa shape index (κ3) is 11.0. The zero-order valence-electron chi connectivity index (χ0n) is 10.6. The van der Waals surface area contributed by atoms with Gasteiger partial charge in [-0.1, -0.05) is 38.2 Å². The van der Waals surface area contributed by atoms with Gasteiger partial charge in [-0.05, 0) is 32.1 Å². The third-order valence-corrected chi connectivity index (χ3v) is 2.10. The number of carbonyl (C=O) groups is 1. The minimum Gasteiger partial charge on any atom is -0.465 e. The van der Waals surface area contributed by atoms with Crippen molar-refractivity contribution in [3.8, 4) is 0 Å². The fraction of sp³-hybridized carbons (Fsp3) is 0.643. The summed E-state index contributed by atoms with van der Waals surface area (Å²) < 4.78 is 5.08.